The van der Waals surface area contributed by atoms with Gasteiger partial charge in [-0.05, 0) is 24.3 Å². The summed E-state index contributed by atoms with van der Waals surface area (Å²) < 4.78 is 10.9. The lowest BCUT2D eigenvalue weighted by molar-refractivity contribution is -0.214. The Hall–Kier alpha value is -3.04. The van der Waals surface area contributed by atoms with E-state index in [0.717, 1.165) is 21.8 Å². The molecule has 9 N–H and O–H groups in total. The SMILES string of the molecule is OCC1OC(C#Cc2ccc3c(c2)[nH]c2cc(C#CC4OC(CO)C(O)C(O)C4O)ccc23)C(O)C(O)C1O. The first-order chi connectivity index (χ1) is 18.7. The fraction of sp³-hybridized carbons (Fsp3) is 0.429. The lowest BCUT2D eigenvalue weighted by Gasteiger charge is -2.37. The number of ether oxygens (including phenoxy) is 2. The summed E-state index contributed by atoms with van der Waals surface area (Å²) in [6, 6.07) is 11.0. The molecule has 5 rings (SSSR count). The van der Waals surface area contributed by atoms with Gasteiger partial charge >= 0.3 is 0 Å². The van der Waals surface area contributed by atoms with Gasteiger partial charge in [-0.2, -0.15) is 0 Å². The average molecular weight is 540 g/mol. The molecule has 2 aliphatic rings. The van der Waals surface area contributed by atoms with Crippen LogP contribution in [0.15, 0.2) is 36.4 Å². The zero-order valence-electron chi connectivity index (χ0n) is 20.5. The molecule has 1 aromatic heterocycles. The van der Waals surface area contributed by atoms with Crippen LogP contribution in [0.3, 0.4) is 0 Å². The normalized spacial score (nSPS) is 34.8. The lowest BCUT2D eigenvalue weighted by atomic mass is 9.95. The molecule has 2 aromatic carbocycles. The molecule has 2 aliphatic heterocycles. The van der Waals surface area contributed by atoms with Crippen LogP contribution in [-0.4, -0.2) is 120 Å². The third kappa shape index (κ3) is 5.26. The Labute approximate surface area is 222 Å². The average Bonchev–Trinajstić information content (AvgIpc) is 3.31. The van der Waals surface area contributed by atoms with Crippen molar-refractivity contribution < 1.29 is 50.3 Å². The van der Waals surface area contributed by atoms with Crippen LogP contribution in [0.4, 0.5) is 0 Å². The molecule has 10 atom stereocenters. The number of aliphatic hydroxyl groups excluding tert-OH is 8. The van der Waals surface area contributed by atoms with Gasteiger partial charge in [-0.3, -0.25) is 0 Å². The number of H-pyrrole nitrogens is 1. The maximum Gasteiger partial charge on any atom is 0.147 e. The monoisotopic (exact) mass is 539 g/mol. The summed E-state index contributed by atoms with van der Waals surface area (Å²) in [5.74, 6) is 11.3. The standard InChI is InChI=1S/C28H29NO10/c30-11-21-25(34)27(36)23(32)19(38-21)7-3-13-1-5-15-16-6-2-14(10-18(16)29-17(15)9-13)4-8-20-24(33)28(37)26(35)22(12-31)39-20/h1-2,5-6,9-10,19-37H,11-12H2. The minimum atomic E-state index is -1.50. The number of hydrogen-bond donors (Lipinski definition) is 9. The Kier molecular flexibility index (Phi) is 7.91. The van der Waals surface area contributed by atoms with Crippen molar-refractivity contribution in [1.82, 2.24) is 4.98 Å². The van der Waals surface area contributed by atoms with Gasteiger partial charge in [0.1, 0.15) is 61.0 Å². The summed E-state index contributed by atoms with van der Waals surface area (Å²) >= 11 is 0. The largest absolute Gasteiger partial charge is 0.394 e. The highest BCUT2D eigenvalue weighted by Gasteiger charge is 2.43. The van der Waals surface area contributed by atoms with E-state index >= 15 is 0 Å². The highest BCUT2D eigenvalue weighted by Crippen LogP contribution is 2.27. The molecule has 206 valence electrons. The number of fused-ring (bicyclic) bond motifs is 3. The van der Waals surface area contributed by atoms with E-state index in [9.17, 15) is 40.9 Å². The maximum absolute atomic E-state index is 10.2. The van der Waals surface area contributed by atoms with Crippen molar-refractivity contribution >= 4 is 21.8 Å². The molecule has 3 aromatic rings. The van der Waals surface area contributed by atoms with Gasteiger partial charge in [-0.1, -0.05) is 35.8 Å². The van der Waals surface area contributed by atoms with Crippen molar-refractivity contribution in [3.05, 3.63) is 47.5 Å². The molecule has 0 spiro atoms. The molecule has 3 heterocycles. The highest BCUT2D eigenvalue weighted by atomic mass is 16.5. The van der Waals surface area contributed by atoms with Crippen LogP contribution in [0.5, 0.6) is 0 Å². The predicted octanol–water partition coefficient (Wildman–Crippen LogP) is -2.29. The van der Waals surface area contributed by atoms with Crippen LogP contribution in [-0.2, 0) is 9.47 Å². The smallest absolute Gasteiger partial charge is 0.147 e. The molecule has 0 radical (unpaired) electrons. The fourth-order valence-corrected chi connectivity index (χ4v) is 4.82. The molecule has 0 bridgehead atoms. The molecule has 10 unspecified atom stereocenters. The molecule has 39 heavy (non-hydrogen) atoms. The van der Waals surface area contributed by atoms with E-state index < -0.39 is 74.3 Å². The second-order valence-electron chi connectivity index (χ2n) is 9.68. The third-order valence-electron chi connectivity index (χ3n) is 7.10. The predicted molar refractivity (Wildman–Crippen MR) is 137 cm³/mol. The van der Waals surface area contributed by atoms with Gasteiger partial charge in [0, 0.05) is 32.9 Å². The van der Waals surface area contributed by atoms with E-state index in [0.29, 0.717) is 11.1 Å². The second-order valence-corrected chi connectivity index (χ2v) is 9.68. The number of benzene rings is 2. The van der Waals surface area contributed by atoms with Crippen LogP contribution in [0, 0.1) is 23.7 Å². The van der Waals surface area contributed by atoms with Crippen LogP contribution < -0.4 is 0 Å². The first-order valence-electron chi connectivity index (χ1n) is 12.4. The Bertz CT molecular complexity index is 1350. The van der Waals surface area contributed by atoms with Gasteiger partial charge in [0.15, 0.2) is 0 Å². The highest BCUT2D eigenvalue weighted by molar-refractivity contribution is 6.07. The van der Waals surface area contributed by atoms with Gasteiger partial charge in [0.05, 0.1) is 13.2 Å². The van der Waals surface area contributed by atoms with Crippen molar-refractivity contribution in [2.24, 2.45) is 0 Å². The van der Waals surface area contributed by atoms with Gasteiger partial charge in [-0.15, -0.1) is 0 Å². The summed E-state index contributed by atoms with van der Waals surface area (Å²) in [6.07, 6.45) is -13.0. The minimum absolute atomic E-state index is 0.529. The van der Waals surface area contributed by atoms with Crippen LogP contribution in [0.25, 0.3) is 21.8 Å². The van der Waals surface area contributed by atoms with Crippen LogP contribution >= 0.6 is 0 Å². The number of aromatic nitrogens is 1. The van der Waals surface area contributed by atoms with Crippen molar-refractivity contribution in [3.8, 4) is 23.7 Å². The molecule has 0 aliphatic carbocycles. The Balaban J connectivity index is 1.37. The van der Waals surface area contributed by atoms with Gasteiger partial charge in [0.25, 0.3) is 0 Å². The number of hydrogen-bond acceptors (Lipinski definition) is 10. The van der Waals surface area contributed by atoms with Gasteiger partial charge in [-0.25, -0.2) is 0 Å². The Morgan fingerprint density at radius 1 is 0.590 bits per heavy atom. The fourth-order valence-electron chi connectivity index (χ4n) is 4.82. The van der Waals surface area contributed by atoms with Crippen molar-refractivity contribution in [2.45, 2.75) is 61.0 Å². The molecule has 2 saturated heterocycles. The molecule has 11 heteroatoms. The van der Waals surface area contributed by atoms with Crippen molar-refractivity contribution in [1.29, 1.82) is 0 Å². The van der Waals surface area contributed by atoms with Crippen molar-refractivity contribution in [2.75, 3.05) is 13.2 Å². The number of rotatable bonds is 2. The Morgan fingerprint density at radius 2 is 1.00 bits per heavy atom. The minimum Gasteiger partial charge on any atom is -0.394 e. The van der Waals surface area contributed by atoms with Crippen LogP contribution in [0.2, 0.25) is 0 Å². The lowest BCUT2D eigenvalue weighted by Crippen LogP contribution is -2.58. The van der Waals surface area contributed by atoms with E-state index in [-0.39, 0.29) is 0 Å². The van der Waals surface area contributed by atoms with E-state index in [1.54, 1.807) is 12.1 Å². The molecule has 0 amide bonds. The summed E-state index contributed by atoms with van der Waals surface area (Å²) in [4.78, 5) is 3.30. The molecular formula is C28H29NO10. The summed E-state index contributed by atoms with van der Waals surface area (Å²) in [5, 5.41) is 80.7. The second kappa shape index (κ2) is 11.2. The molecule has 2 fully saturated rings. The van der Waals surface area contributed by atoms with Crippen molar-refractivity contribution in [3.63, 3.8) is 0 Å². The quantitative estimate of drug-likeness (QED) is 0.160. The van der Waals surface area contributed by atoms with Gasteiger partial charge in [0.2, 0.25) is 0 Å². The molecule has 0 saturated carbocycles. The summed E-state index contributed by atoms with van der Waals surface area (Å²) in [6.45, 7) is -1.06. The number of aromatic amines is 1. The van der Waals surface area contributed by atoms with Gasteiger partial charge < -0.3 is 55.3 Å². The third-order valence-corrected chi connectivity index (χ3v) is 7.10. The first-order valence-corrected chi connectivity index (χ1v) is 12.4. The maximum atomic E-state index is 10.2. The van der Waals surface area contributed by atoms with E-state index in [2.05, 4.69) is 28.7 Å². The summed E-state index contributed by atoms with van der Waals surface area (Å²) in [5.41, 5.74) is 2.77. The molecular weight excluding hydrogens is 510 g/mol. The number of aliphatic hydroxyl groups is 8. The first kappa shape index (κ1) is 27.5. The summed E-state index contributed by atoms with van der Waals surface area (Å²) in [7, 11) is 0. The van der Waals surface area contributed by atoms with E-state index in [4.69, 9.17) is 9.47 Å². The Morgan fingerprint density at radius 3 is 1.38 bits per heavy atom. The zero-order valence-corrected chi connectivity index (χ0v) is 20.5. The number of nitrogens with one attached hydrogen (secondary N) is 1. The van der Waals surface area contributed by atoms with Crippen LogP contribution in [0.1, 0.15) is 11.1 Å². The zero-order chi connectivity index (χ0) is 27.8. The van der Waals surface area contributed by atoms with E-state index in [1.807, 2.05) is 24.3 Å². The van der Waals surface area contributed by atoms with E-state index in [1.165, 1.54) is 0 Å². The molecule has 11 nitrogen and oxygen atoms in total. The topological polar surface area (TPSA) is 196 Å².